The monoisotopic (exact) mass is 410 g/mol. The summed E-state index contributed by atoms with van der Waals surface area (Å²) >= 11 is 11.8. The minimum Gasteiger partial charge on any atom is -0.495 e. The van der Waals surface area contributed by atoms with Crippen LogP contribution in [0.5, 0.6) is 5.75 Å². The third-order valence-corrected chi connectivity index (χ3v) is 4.61. The molecule has 8 heteroatoms. The van der Waals surface area contributed by atoms with E-state index in [1.165, 1.54) is 7.11 Å². The summed E-state index contributed by atoms with van der Waals surface area (Å²) in [5, 5.41) is 6.66. The van der Waals surface area contributed by atoms with Crippen molar-refractivity contribution < 1.29 is 19.2 Å². The quantitative estimate of drug-likeness (QED) is 0.656. The van der Waals surface area contributed by atoms with Gasteiger partial charge in [-0.2, -0.15) is 0 Å². The first-order valence-electron chi connectivity index (χ1n) is 8.32. The Hall–Kier alpha value is -2.28. The number of amides is 2. The number of anilines is 2. The number of methoxy groups -OCH3 is 1. The molecule has 0 bridgehead atoms. The van der Waals surface area contributed by atoms with Gasteiger partial charge in [-0.3, -0.25) is 9.59 Å². The van der Waals surface area contributed by atoms with Crippen LogP contribution in [0, 0.1) is 0 Å². The number of hydrogen-bond donors (Lipinski definition) is 3. The molecule has 2 atom stereocenters. The standard InChI is InChI=1S/C19H21Cl2N3O3/c1-12(19(26)23-16-10-14(21)6-9-17(16)27-3)24(2)11-18(25)22-15-7-4-13(20)5-8-15/h4-10,12H,11H2,1-3H3,(H,22,25)(H,23,26)/p+1/t12-/m0/s1. The van der Waals surface area contributed by atoms with E-state index < -0.39 is 6.04 Å². The third kappa shape index (κ3) is 6.13. The van der Waals surface area contributed by atoms with Crippen molar-refractivity contribution in [3.63, 3.8) is 0 Å². The summed E-state index contributed by atoms with van der Waals surface area (Å²) in [5.74, 6) is 0.0697. The Kier molecular flexibility index (Phi) is 7.47. The van der Waals surface area contributed by atoms with E-state index in [2.05, 4.69) is 10.6 Å². The van der Waals surface area contributed by atoms with Crippen LogP contribution in [0.2, 0.25) is 10.0 Å². The second-order valence-corrected chi connectivity index (χ2v) is 7.01. The number of carbonyl (C=O) groups excluding carboxylic acids is 2. The summed E-state index contributed by atoms with van der Waals surface area (Å²) in [5.41, 5.74) is 1.14. The van der Waals surface area contributed by atoms with Gasteiger partial charge in [-0.15, -0.1) is 0 Å². The summed E-state index contributed by atoms with van der Waals surface area (Å²) in [4.78, 5) is 25.5. The number of ether oxygens (including phenoxy) is 1. The molecule has 0 aliphatic heterocycles. The predicted octanol–water partition coefficient (Wildman–Crippen LogP) is 2.48. The van der Waals surface area contributed by atoms with E-state index in [0.717, 1.165) is 4.90 Å². The number of nitrogens with one attached hydrogen (secondary N) is 3. The lowest BCUT2D eigenvalue weighted by Crippen LogP contribution is -3.14. The maximum absolute atomic E-state index is 12.5. The topological polar surface area (TPSA) is 71.9 Å². The summed E-state index contributed by atoms with van der Waals surface area (Å²) in [7, 11) is 3.29. The first-order valence-corrected chi connectivity index (χ1v) is 9.08. The largest absolute Gasteiger partial charge is 0.495 e. The fourth-order valence-corrected chi connectivity index (χ4v) is 2.69. The number of carbonyl (C=O) groups is 2. The van der Waals surface area contributed by atoms with Gasteiger partial charge in [0.15, 0.2) is 12.6 Å². The molecule has 1 unspecified atom stereocenters. The van der Waals surface area contributed by atoms with Crippen LogP contribution in [0.25, 0.3) is 0 Å². The summed E-state index contributed by atoms with van der Waals surface area (Å²) in [6.07, 6.45) is 0. The van der Waals surface area contributed by atoms with E-state index in [1.54, 1.807) is 56.4 Å². The van der Waals surface area contributed by atoms with Gasteiger partial charge in [-0.1, -0.05) is 23.2 Å². The number of halogens is 2. The SMILES string of the molecule is COc1ccc(Cl)cc1NC(=O)[C@H](C)[NH+](C)CC(=O)Nc1ccc(Cl)cc1. The minimum atomic E-state index is -0.468. The molecule has 0 aromatic heterocycles. The fraction of sp³-hybridized carbons (Fsp3) is 0.263. The Labute approximate surface area is 168 Å². The van der Waals surface area contributed by atoms with Crippen LogP contribution >= 0.6 is 23.2 Å². The fourth-order valence-electron chi connectivity index (χ4n) is 2.39. The highest BCUT2D eigenvalue weighted by atomic mass is 35.5. The zero-order valence-corrected chi connectivity index (χ0v) is 16.8. The van der Waals surface area contributed by atoms with Crippen LogP contribution in [0.1, 0.15) is 6.92 Å². The zero-order valence-electron chi connectivity index (χ0n) is 15.3. The van der Waals surface area contributed by atoms with Gasteiger partial charge in [0.05, 0.1) is 19.8 Å². The molecule has 0 saturated carbocycles. The lowest BCUT2D eigenvalue weighted by atomic mass is 10.2. The second-order valence-electron chi connectivity index (χ2n) is 6.13. The van der Waals surface area contributed by atoms with Crippen molar-refractivity contribution in [2.45, 2.75) is 13.0 Å². The molecular formula is C19H22Cl2N3O3+. The van der Waals surface area contributed by atoms with Gasteiger partial charge in [0.1, 0.15) is 5.75 Å². The van der Waals surface area contributed by atoms with E-state index in [9.17, 15) is 9.59 Å². The average Bonchev–Trinajstić information content (AvgIpc) is 2.63. The van der Waals surface area contributed by atoms with E-state index >= 15 is 0 Å². The highest BCUT2D eigenvalue weighted by Gasteiger charge is 2.25. The molecule has 6 nitrogen and oxygen atoms in total. The number of rotatable bonds is 7. The van der Waals surface area contributed by atoms with Crippen LogP contribution in [0.3, 0.4) is 0 Å². The number of hydrogen-bond acceptors (Lipinski definition) is 3. The molecule has 2 aromatic carbocycles. The van der Waals surface area contributed by atoms with Gasteiger partial charge >= 0.3 is 0 Å². The molecule has 27 heavy (non-hydrogen) atoms. The van der Waals surface area contributed by atoms with Crippen LogP contribution in [0.15, 0.2) is 42.5 Å². The molecule has 0 heterocycles. The Morgan fingerprint density at radius 3 is 2.33 bits per heavy atom. The zero-order chi connectivity index (χ0) is 20.0. The van der Waals surface area contributed by atoms with E-state index in [4.69, 9.17) is 27.9 Å². The highest BCUT2D eigenvalue weighted by molar-refractivity contribution is 6.31. The average molecular weight is 411 g/mol. The molecule has 2 aromatic rings. The van der Waals surface area contributed by atoms with Crippen molar-refractivity contribution in [2.75, 3.05) is 31.3 Å². The molecule has 144 valence electrons. The van der Waals surface area contributed by atoms with Crippen molar-refractivity contribution in [1.82, 2.24) is 0 Å². The van der Waals surface area contributed by atoms with Gasteiger partial charge in [0.2, 0.25) is 0 Å². The van der Waals surface area contributed by atoms with Crippen molar-refractivity contribution in [3.05, 3.63) is 52.5 Å². The Balaban J connectivity index is 1.94. The van der Waals surface area contributed by atoms with E-state index in [-0.39, 0.29) is 18.4 Å². The van der Waals surface area contributed by atoms with Crippen LogP contribution in [0.4, 0.5) is 11.4 Å². The maximum atomic E-state index is 12.5. The van der Waals surface area contributed by atoms with Crippen LogP contribution < -0.4 is 20.3 Å². The molecule has 2 amide bonds. The van der Waals surface area contributed by atoms with Gasteiger partial charge in [0, 0.05) is 15.7 Å². The van der Waals surface area contributed by atoms with Gasteiger partial charge in [-0.25, -0.2) is 0 Å². The molecule has 0 spiro atoms. The molecule has 0 saturated heterocycles. The molecule has 0 fully saturated rings. The minimum absolute atomic E-state index is 0.129. The first kappa shape index (κ1) is 21.0. The summed E-state index contributed by atoms with van der Waals surface area (Å²) in [6, 6.07) is 11.3. The van der Waals surface area contributed by atoms with Crippen molar-refractivity contribution in [2.24, 2.45) is 0 Å². The lowest BCUT2D eigenvalue weighted by molar-refractivity contribution is -0.885. The number of quaternary nitrogens is 1. The Morgan fingerprint density at radius 1 is 1.07 bits per heavy atom. The molecular weight excluding hydrogens is 389 g/mol. The van der Waals surface area contributed by atoms with Gasteiger partial charge in [0.25, 0.3) is 11.8 Å². The molecule has 0 aliphatic carbocycles. The Morgan fingerprint density at radius 2 is 1.70 bits per heavy atom. The first-order chi connectivity index (χ1) is 12.8. The normalized spacial score (nSPS) is 12.8. The molecule has 0 aliphatic rings. The van der Waals surface area contributed by atoms with Gasteiger partial charge < -0.3 is 20.3 Å². The second kappa shape index (κ2) is 9.60. The molecule has 3 N–H and O–H groups in total. The predicted molar refractivity (Wildman–Crippen MR) is 108 cm³/mol. The highest BCUT2D eigenvalue weighted by Crippen LogP contribution is 2.27. The maximum Gasteiger partial charge on any atom is 0.282 e. The van der Waals surface area contributed by atoms with E-state index in [1.807, 2.05) is 0 Å². The van der Waals surface area contributed by atoms with Crippen molar-refractivity contribution in [3.8, 4) is 5.75 Å². The molecule has 2 rings (SSSR count). The van der Waals surface area contributed by atoms with E-state index in [0.29, 0.717) is 27.2 Å². The van der Waals surface area contributed by atoms with Crippen LogP contribution in [-0.2, 0) is 9.59 Å². The van der Waals surface area contributed by atoms with Crippen molar-refractivity contribution >= 4 is 46.4 Å². The van der Waals surface area contributed by atoms with Crippen LogP contribution in [-0.4, -0.2) is 38.6 Å². The summed E-state index contributed by atoms with van der Waals surface area (Å²) in [6.45, 7) is 1.88. The smallest absolute Gasteiger partial charge is 0.282 e. The Bertz CT molecular complexity index is 812. The van der Waals surface area contributed by atoms with Gasteiger partial charge in [-0.05, 0) is 49.4 Å². The number of likely N-dealkylation sites (N-methyl/N-ethyl adjacent to an activating group) is 1. The summed E-state index contributed by atoms with van der Waals surface area (Å²) < 4.78 is 5.23. The lowest BCUT2D eigenvalue weighted by Gasteiger charge is -2.21. The van der Waals surface area contributed by atoms with Crippen molar-refractivity contribution in [1.29, 1.82) is 0 Å². The number of benzene rings is 2. The molecule has 0 radical (unpaired) electrons. The third-order valence-electron chi connectivity index (χ3n) is 4.12.